The number of alkyl carbamates (subject to hydrolysis) is 1. The minimum atomic E-state index is -1.13. The second-order valence-corrected chi connectivity index (χ2v) is 17.9. The van der Waals surface area contributed by atoms with Gasteiger partial charge in [-0.15, -0.1) is 0 Å². The van der Waals surface area contributed by atoms with Gasteiger partial charge in [-0.1, -0.05) is 42.5 Å². The molecule has 4 bridgehead atoms. The van der Waals surface area contributed by atoms with E-state index >= 15 is 0 Å². The van der Waals surface area contributed by atoms with Crippen molar-refractivity contribution < 1.29 is 43.3 Å². The highest BCUT2D eigenvalue weighted by molar-refractivity contribution is 7.98. The van der Waals surface area contributed by atoms with Gasteiger partial charge in [0.2, 0.25) is 23.6 Å². The summed E-state index contributed by atoms with van der Waals surface area (Å²) in [5, 5.41) is 23.8. The van der Waals surface area contributed by atoms with Crippen LogP contribution in [0, 0.1) is 17.3 Å². The molecule has 2 aromatic carbocycles. The molecule has 57 heavy (non-hydrogen) atoms. The number of thioether (sulfide) groups is 1. The zero-order valence-electron chi connectivity index (χ0n) is 33.5. The van der Waals surface area contributed by atoms with E-state index < -0.39 is 65.0 Å². The molecular formula is C42H57N5O9S. The van der Waals surface area contributed by atoms with Gasteiger partial charge in [-0.05, 0) is 113 Å². The van der Waals surface area contributed by atoms with Crippen LogP contribution in [0.2, 0.25) is 0 Å². The van der Waals surface area contributed by atoms with E-state index in [-0.39, 0.29) is 36.9 Å². The van der Waals surface area contributed by atoms with Gasteiger partial charge in [-0.25, -0.2) is 4.79 Å². The van der Waals surface area contributed by atoms with Crippen molar-refractivity contribution in [3.63, 3.8) is 0 Å². The van der Waals surface area contributed by atoms with Gasteiger partial charge in [-0.2, -0.15) is 11.8 Å². The third kappa shape index (κ3) is 11.9. The van der Waals surface area contributed by atoms with Gasteiger partial charge in [0, 0.05) is 18.4 Å². The first-order valence-electron chi connectivity index (χ1n) is 19.6. The molecule has 15 heteroatoms. The number of phenolic OH excluding ortho intramolecular Hbond substituents is 1. The summed E-state index contributed by atoms with van der Waals surface area (Å²) < 4.78 is 10.6. The fourth-order valence-corrected chi connectivity index (χ4v) is 9.58. The number of carbonyl (C=O) groups is 6. The Morgan fingerprint density at radius 2 is 1.42 bits per heavy atom. The summed E-state index contributed by atoms with van der Waals surface area (Å²) in [5.74, 6) is -1.27. The standard InChI is InChI=1S/C42H57N5O9S/c1-40(2,3)56-39(54)46-32(19-27-11-13-30(48)14-12-27)36(51)45-31(15-16-57-5)35(50)43-24-34(49)44-33(18-26-9-7-6-8-10-26)37(52)47-42-22-28-17-29(23-42)21-41(20-28,25-42)38(53)55-4/h6-14,28-29,31-33,48H,15-25H2,1-5H3,(H,43,50)(H,44,49)(H,45,51)(H,46,54)(H,47,52)/t28?,29?,31-,32+,33+,41?,42?/m1/s1. The molecule has 14 nitrogen and oxygen atoms in total. The van der Waals surface area contributed by atoms with E-state index in [1.165, 1.54) is 31.0 Å². The molecule has 0 radical (unpaired) electrons. The predicted octanol–water partition coefficient (Wildman–Crippen LogP) is 3.54. The molecule has 2 aromatic rings. The lowest BCUT2D eigenvalue weighted by molar-refractivity contribution is -0.173. The number of phenols is 1. The normalized spacial score (nSPS) is 23.6. The van der Waals surface area contributed by atoms with Crippen LogP contribution in [0.25, 0.3) is 0 Å². The van der Waals surface area contributed by atoms with E-state index in [2.05, 4.69) is 26.6 Å². The largest absolute Gasteiger partial charge is 0.508 e. The fourth-order valence-electron chi connectivity index (χ4n) is 9.11. The van der Waals surface area contributed by atoms with Crippen LogP contribution in [0.1, 0.15) is 76.8 Å². The number of hydrogen-bond acceptors (Lipinski definition) is 10. The number of ether oxygens (including phenoxy) is 2. The van der Waals surface area contributed by atoms with E-state index in [9.17, 15) is 33.9 Å². The molecule has 4 aliphatic carbocycles. The topological polar surface area (TPSA) is 201 Å². The third-order valence-electron chi connectivity index (χ3n) is 11.1. The van der Waals surface area contributed by atoms with Crippen LogP contribution in [-0.2, 0) is 46.3 Å². The van der Waals surface area contributed by atoms with E-state index in [1.807, 2.05) is 36.6 Å². The quantitative estimate of drug-likeness (QED) is 0.129. The molecule has 0 heterocycles. The average Bonchev–Trinajstić information content (AvgIpc) is 3.14. The van der Waals surface area contributed by atoms with Gasteiger partial charge in [0.25, 0.3) is 0 Å². The maximum Gasteiger partial charge on any atom is 0.408 e. The first kappa shape index (κ1) is 43.3. The summed E-state index contributed by atoms with van der Waals surface area (Å²) >= 11 is 1.47. The van der Waals surface area contributed by atoms with E-state index in [4.69, 9.17) is 9.47 Å². The monoisotopic (exact) mass is 807 g/mol. The molecule has 6 rings (SSSR count). The van der Waals surface area contributed by atoms with Crippen LogP contribution in [0.5, 0.6) is 5.75 Å². The molecule has 0 aromatic heterocycles. The van der Waals surface area contributed by atoms with Crippen LogP contribution in [0.15, 0.2) is 54.6 Å². The Labute approximate surface area is 338 Å². The summed E-state index contributed by atoms with van der Waals surface area (Å²) in [4.78, 5) is 80.7. The second-order valence-electron chi connectivity index (χ2n) is 16.9. The summed E-state index contributed by atoms with van der Waals surface area (Å²) in [6.07, 6.45) is 6.10. The van der Waals surface area contributed by atoms with Gasteiger partial charge in [-0.3, -0.25) is 24.0 Å². The Morgan fingerprint density at radius 3 is 2.02 bits per heavy atom. The third-order valence-corrected chi connectivity index (χ3v) is 11.7. The molecule has 0 saturated heterocycles. The highest BCUT2D eigenvalue weighted by atomic mass is 32.2. The minimum absolute atomic E-state index is 0.0425. The molecule has 0 spiro atoms. The van der Waals surface area contributed by atoms with Crippen LogP contribution in [0.3, 0.4) is 0 Å². The lowest BCUT2D eigenvalue weighted by atomic mass is 9.47. The summed E-state index contributed by atoms with van der Waals surface area (Å²) in [5.41, 5.74) is -0.543. The van der Waals surface area contributed by atoms with Crippen molar-refractivity contribution in [2.24, 2.45) is 17.3 Å². The molecule has 5 atom stereocenters. The highest BCUT2D eigenvalue weighted by Gasteiger charge is 2.61. The van der Waals surface area contributed by atoms with Crippen LogP contribution in [-0.4, -0.2) is 95.7 Å². The molecular weight excluding hydrogens is 751 g/mol. The van der Waals surface area contributed by atoms with E-state index in [1.54, 1.807) is 32.9 Å². The Kier molecular flexibility index (Phi) is 14.2. The number of carbonyl (C=O) groups excluding carboxylic acids is 6. The lowest BCUT2D eigenvalue weighted by Crippen LogP contribution is -2.67. The van der Waals surface area contributed by atoms with Gasteiger partial charge in [0.15, 0.2) is 0 Å². The lowest BCUT2D eigenvalue weighted by Gasteiger charge is -2.60. The molecule has 310 valence electrons. The molecule has 4 aliphatic rings. The second kappa shape index (κ2) is 18.6. The van der Waals surface area contributed by atoms with Crippen molar-refractivity contribution in [2.45, 2.75) is 108 Å². The zero-order chi connectivity index (χ0) is 41.4. The number of nitrogens with one attached hydrogen (secondary N) is 5. The Hall–Kier alpha value is -4.79. The van der Waals surface area contributed by atoms with Crippen molar-refractivity contribution in [3.05, 3.63) is 65.7 Å². The molecule has 4 saturated carbocycles. The number of methoxy groups -OCH3 is 1. The first-order valence-corrected chi connectivity index (χ1v) is 21.0. The summed E-state index contributed by atoms with van der Waals surface area (Å²) in [6, 6.07) is 12.3. The average molecular weight is 808 g/mol. The molecule has 5 amide bonds. The van der Waals surface area contributed by atoms with Crippen LogP contribution in [0.4, 0.5) is 4.79 Å². The molecule has 4 fully saturated rings. The van der Waals surface area contributed by atoms with Crippen molar-refractivity contribution in [1.29, 1.82) is 0 Å². The van der Waals surface area contributed by atoms with Gasteiger partial charge < -0.3 is 41.2 Å². The SMILES string of the molecule is COC(=O)C12CC3CC(CC(NC(=O)[C@H](Cc4ccccc4)NC(=O)CNC(=O)[C@@H](CCSC)NC(=O)[C@H](Cc4ccc(O)cc4)NC(=O)OC(C)(C)C)(C3)C1)C2. The van der Waals surface area contributed by atoms with E-state index in [0.29, 0.717) is 29.6 Å². The van der Waals surface area contributed by atoms with Crippen molar-refractivity contribution in [1.82, 2.24) is 26.6 Å². The number of benzene rings is 2. The number of hydrogen-bond donors (Lipinski definition) is 6. The Balaban J connectivity index is 1.25. The van der Waals surface area contributed by atoms with Crippen LogP contribution >= 0.6 is 11.8 Å². The highest BCUT2D eigenvalue weighted by Crippen LogP contribution is 2.62. The van der Waals surface area contributed by atoms with Gasteiger partial charge in [0.05, 0.1) is 19.1 Å². The van der Waals surface area contributed by atoms with Gasteiger partial charge >= 0.3 is 12.1 Å². The maximum atomic E-state index is 14.1. The van der Waals surface area contributed by atoms with Gasteiger partial charge in [0.1, 0.15) is 29.5 Å². The smallest absolute Gasteiger partial charge is 0.408 e. The number of amides is 5. The summed E-state index contributed by atoms with van der Waals surface area (Å²) in [6.45, 7) is 4.63. The first-order chi connectivity index (χ1) is 27.0. The Morgan fingerprint density at radius 1 is 0.807 bits per heavy atom. The fraction of sp³-hybridized carbons (Fsp3) is 0.571. The van der Waals surface area contributed by atoms with Crippen molar-refractivity contribution in [3.8, 4) is 5.75 Å². The van der Waals surface area contributed by atoms with E-state index in [0.717, 1.165) is 37.7 Å². The zero-order valence-corrected chi connectivity index (χ0v) is 34.3. The predicted molar refractivity (Wildman–Crippen MR) is 215 cm³/mol. The Bertz CT molecular complexity index is 1750. The number of rotatable bonds is 17. The molecule has 0 aliphatic heterocycles. The number of aromatic hydroxyl groups is 1. The van der Waals surface area contributed by atoms with Crippen molar-refractivity contribution in [2.75, 3.05) is 25.7 Å². The molecule has 6 N–H and O–H groups in total. The van der Waals surface area contributed by atoms with Crippen LogP contribution < -0.4 is 26.6 Å². The molecule has 2 unspecified atom stereocenters. The summed E-state index contributed by atoms with van der Waals surface area (Å²) in [7, 11) is 1.41. The minimum Gasteiger partial charge on any atom is -0.508 e. The van der Waals surface area contributed by atoms with Crippen molar-refractivity contribution >= 4 is 47.5 Å². The number of esters is 1. The maximum absolute atomic E-state index is 14.1.